The molecule has 4 rings (SSSR count). The third-order valence-corrected chi connectivity index (χ3v) is 6.00. The number of hydrogen-bond donors (Lipinski definition) is 1. The van der Waals surface area contributed by atoms with Gasteiger partial charge >= 0.3 is 5.97 Å². The van der Waals surface area contributed by atoms with E-state index in [-0.39, 0.29) is 10.8 Å². The number of esters is 1. The Morgan fingerprint density at radius 2 is 1.97 bits per heavy atom. The second-order valence-corrected chi connectivity index (χ2v) is 8.87. The lowest BCUT2D eigenvalue weighted by Gasteiger charge is -2.12. The number of ether oxygens (including phenoxy) is 1. The molecule has 3 aromatic heterocycles. The molecule has 0 spiro atoms. The minimum Gasteiger partial charge on any atom is -0.449 e. The van der Waals surface area contributed by atoms with Crippen molar-refractivity contribution in [2.45, 2.75) is 13.0 Å². The quantitative estimate of drug-likeness (QED) is 0.246. The molecule has 0 fully saturated rings. The van der Waals surface area contributed by atoms with Crippen molar-refractivity contribution in [3.63, 3.8) is 0 Å². The van der Waals surface area contributed by atoms with E-state index in [0.717, 1.165) is 21.8 Å². The van der Waals surface area contributed by atoms with Crippen molar-refractivity contribution < 1.29 is 14.3 Å². The second-order valence-electron chi connectivity index (χ2n) is 7.08. The summed E-state index contributed by atoms with van der Waals surface area (Å²) in [6, 6.07) is 15.0. The molecule has 3 heterocycles. The Kier molecular flexibility index (Phi) is 7.42. The van der Waals surface area contributed by atoms with Crippen molar-refractivity contribution in [1.29, 1.82) is 0 Å². The van der Waals surface area contributed by atoms with Crippen molar-refractivity contribution in [3.8, 4) is 16.3 Å². The van der Waals surface area contributed by atoms with Gasteiger partial charge in [0.2, 0.25) is 0 Å². The fourth-order valence-electron chi connectivity index (χ4n) is 2.98. The molecule has 0 saturated heterocycles. The van der Waals surface area contributed by atoms with E-state index >= 15 is 0 Å². The number of aromatic nitrogens is 3. The number of carbonyl (C=O) groups is 2. The van der Waals surface area contributed by atoms with Crippen LogP contribution in [-0.4, -0.2) is 32.7 Å². The van der Waals surface area contributed by atoms with Crippen molar-refractivity contribution in [2.24, 2.45) is 0 Å². The minimum atomic E-state index is -1.07. The highest BCUT2D eigenvalue weighted by molar-refractivity contribution is 7.13. The van der Waals surface area contributed by atoms with Gasteiger partial charge in [0.15, 0.2) is 11.9 Å². The molecule has 1 N–H and O–H groups in total. The lowest BCUT2D eigenvalue weighted by Crippen LogP contribution is -2.29. The Balaban J connectivity index is 1.47. The van der Waals surface area contributed by atoms with Gasteiger partial charge < -0.3 is 10.1 Å². The van der Waals surface area contributed by atoms with Crippen molar-refractivity contribution in [2.75, 3.05) is 5.32 Å². The molecular weight excluding hydrogens is 495 g/mol. The Hall–Kier alpha value is -3.46. The molecule has 0 aliphatic rings. The highest BCUT2D eigenvalue weighted by Crippen LogP contribution is 2.28. The van der Waals surface area contributed by atoms with E-state index in [9.17, 15) is 9.59 Å². The van der Waals surface area contributed by atoms with Gasteiger partial charge in [0.25, 0.3) is 5.91 Å². The summed E-state index contributed by atoms with van der Waals surface area (Å²) in [5, 5.41) is 9.67. The number of amides is 1. The van der Waals surface area contributed by atoms with E-state index in [1.165, 1.54) is 25.3 Å². The highest BCUT2D eigenvalue weighted by atomic mass is 35.5. The summed E-state index contributed by atoms with van der Waals surface area (Å²) in [5.41, 5.74) is 2.36. The minimum absolute atomic E-state index is 0.128. The number of halogens is 2. The summed E-state index contributed by atoms with van der Waals surface area (Å²) >= 11 is 13.4. The number of pyridine rings is 1. The van der Waals surface area contributed by atoms with Crippen LogP contribution in [0.4, 0.5) is 5.82 Å². The SMILES string of the molecule is CC(OC(=O)/C=C/c1cn(-c2ccccc2)nc1-c1cccs1)C(=O)Nc1ncc(Cl)cc1Cl. The van der Waals surface area contributed by atoms with Gasteiger partial charge in [-0.2, -0.15) is 5.10 Å². The summed E-state index contributed by atoms with van der Waals surface area (Å²) in [5.74, 6) is -1.12. The maximum absolute atomic E-state index is 12.4. The van der Waals surface area contributed by atoms with Crippen LogP contribution in [-0.2, 0) is 14.3 Å². The molecule has 172 valence electrons. The Bertz CT molecular complexity index is 1340. The maximum atomic E-state index is 12.4. The number of nitrogens with one attached hydrogen (secondary N) is 1. The topological polar surface area (TPSA) is 86.1 Å². The first kappa shape index (κ1) is 23.7. The molecule has 34 heavy (non-hydrogen) atoms. The number of para-hydroxylation sites is 1. The molecule has 0 saturated carbocycles. The van der Waals surface area contributed by atoms with Gasteiger partial charge in [-0.3, -0.25) is 4.79 Å². The summed E-state index contributed by atoms with van der Waals surface area (Å²) < 4.78 is 6.98. The number of nitrogens with zero attached hydrogens (tertiary/aromatic N) is 3. The maximum Gasteiger partial charge on any atom is 0.331 e. The smallest absolute Gasteiger partial charge is 0.331 e. The first-order chi connectivity index (χ1) is 16.4. The average Bonchev–Trinajstić information content (AvgIpc) is 3.50. The summed E-state index contributed by atoms with van der Waals surface area (Å²) in [6.07, 6.45) is 4.99. The first-order valence-electron chi connectivity index (χ1n) is 10.1. The van der Waals surface area contributed by atoms with Gasteiger partial charge in [0, 0.05) is 24.0 Å². The largest absolute Gasteiger partial charge is 0.449 e. The predicted molar refractivity (Wildman–Crippen MR) is 134 cm³/mol. The van der Waals surface area contributed by atoms with Crippen LogP contribution in [0.5, 0.6) is 0 Å². The number of anilines is 1. The first-order valence-corrected chi connectivity index (χ1v) is 11.7. The van der Waals surface area contributed by atoms with Gasteiger partial charge in [-0.25, -0.2) is 14.5 Å². The molecule has 1 aromatic carbocycles. The third kappa shape index (κ3) is 5.72. The molecule has 10 heteroatoms. The molecule has 0 aliphatic heterocycles. The fourth-order valence-corrected chi connectivity index (χ4v) is 4.14. The average molecular weight is 513 g/mol. The van der Waals surface area contributed by atoms with E-state index in [1.807, 2.05) is 54.0 Å². The standard InChI is InChI=1S/C24H18Cl2N4O3S/c1-15(24(32)28-23-19(26)12-17(25)13-27-23)33-21(31)10-9-16-14-30(18-6-3-2-4-7-18)29-22(16)20-8-5-11-34-20/h2-15H,1H3,(H,27,28,32)/b10-9+. The molecule has 1 amide bonds. The van der Waals surface area contributed by atoms with Gasteiger partial charge in [-0.15, -0.1) is 11.3 Å². The Morgan fingerprint density at radius 1 is 1.18 bits per heavy atom. The molecule has 1 unspecified atom stereocenters. The normalized spacial score (nSPS) is 12.0. The lowest BCUT2D eigenvalue weighted by molar-refractivity contribution is -0.148. The predicted octanol–water partition coefficient (Wildman–Crippen LogP) is 5.89. The number of benzene rings is 1. The monoisotopic (exact) mass is 512 g/mol. The van der Waals surface area contributed by atoms with Crippen LogP contribution in [0.25, 0.3) is 22.3 Å². The fraction of sp³-hybridized carbons (Fsp3) is 0.0833. The van der Waals surface area contributed by atoms with Crippen LogP contribution in [0.2, 0.25) is 10.0 Å². The summed E-state index contributed by atoms with van der Waals surface area (Å²) in [6.45, 7) is 1.45. The van der Waals surface area contributed by atoms with E-state index in [2.05, 4.69) is 15.4 Å². The van der Waals surface area contributed by atoms with Crippen molar-refractivity contribution in [3.05, 3.63) is 88.0 Å². The molecular formula is C24H18Cl2N4O3S. The molecule has 1 atom stereocenters. The lowest BCUT2D eigenvalue weighted by atomic mass is 10.2. The van der Waals surface area contributed by atoms with Gasteiger partial charge in [-0.05, 0) is 42.6 Å². The Labute approximate surface area is 209 Å². The van der Waals surface area contributed by atoms with Crippen LogP contribution in [0.3, 0.4) is 0 Å². The molecule has 0 radical (unpaired) electrons. The number of hydrogen-bond acceptors (Lipinski definition) is 6. The number of thiophene rings is 1. The van der Waals surface area contributed by atoms with Crippen LogP contribution < -0.4 is 5.32 Å². The van der Waals surface area contributed by atoms with Crippen molar-refractivity contribution in [1.82, 2.24) is 14.8 Å². The third-order valence-electron chi connectivity index (χ3n) is 4.63. The van der Waals surface area contributed by atoms with E-state index in [1.54, 1.807) is 22.1 Å². The zero-order chi connectivity index (χ0) is 24.1. The van der Waals surface area contributed by atoms with Crippen molar-refractivity contribution >= 4 is 58.3 Å². The molecule has 0 aliphatic carbocycles. The zero-order valence-electron chi connectivity index (χ0n) is 17.8. The van der Waals surface area contributed by atoms with Gasteiger partial charge in [-0.1, -0.05) is 47.5 Å². The van der Waals surface area contributed by atoms with Gasteiger partial charge in [0.1, 0.15) is 5.69 Å². The van der Waals surface area contributed by atoms with Crippen LogP contribution in [0.15, 0.2) is 72.4 Å². The van der Waals surface area contributed by atoms with Crippen LogP contribution >= 0.6 is 34.5 Å². The second kappa shape index (κ2) is 10.6. The van der Waals surface area contributed by atoms with Crippen LogP contribution in [0.1, 0.15) is 12.5 Å². The molecule has 7 nitrogen and oxygen atoms in total. The number of carbonyl (C=O) groups excluding carboxylic acids is 2. The highest BCUT2D eigenvalue weighted by Gasteiger charge is 2.19. The number of rotatable bonds is 7. The van der Waals surface area contributed by atoms with E-state index in [4.69, 9.17) is 27.9 Å². The van der Waals surface area contributed by atoms with E-state index < -0.39 is 18.0 Å². The van der Waals surface area contributed by atoms with Crippen LogP contribution in [0, 0.1) is 0 Å². The van der Waals surface area contributed by atoms with E-state index in [0.29, 0.717) is 5.02 Å². The van der Waals surface area contributed by atoms with Gasteiger partial charge in [0.05, 0.1) is 20.6 Å². The Morgan fingerprint density at radius 3 is 2.68 bits per heavy atom. The molecule has 4 aromatic rings. The summed E-state index contributed by atoms with van der Waals surface area (Å²) in [7, 11) is 0. The summed E-state index contributed by atoms with van der Waals surface area (Å²) in [4.78, 5) is 29.7. The zero-order valence-corrected chi connectivity index (χ0v) is 20.1. The molecule has 0 bridgehead atoms.